The first-order chi connectivity index (χ1) is 11.1. The molecule has 0 bridgehead atoms. The number of ether oxygens (including phenoxy) is 2. The van der Waals surface area contributed by atoms with Gasteiger partial charge in [-0.05, 0) is 25.0 Å². The Morgan fingerprint density at radius 3 is 2.57 bits per heavy atom. The van der Waals surface area contributed by atoms with Gasteiger partial charge in [-0.3, -0.25) is 9.59 Å². The summed E-state index contributed by atoms with van der Waals surface area (Å²) in [6.07, 6.45) is 4.39. The Labute approximate surface area is 136 Å². The number of hydrogen-bond acceptors (Lipinski definition) is 4. The Hall–Kier alpha value is -2.24. The molecule has 1 fully saturated rings. The molecule has 23 heavy (non-hydrogen) atoms. The van der Waals surface area contributed by atoms with E-state index in [1.165, 1.54) is 7.11 Å². The monoisotopic (exact) mass is 320 g/mol. The van der Waals surface area contributed by atoms with E-state index in [9.17, 15) is 9.59 Å². The van der Waals surface area contributed by atoms with E-state index in [1.54, 1.807) is 25.3 Å². The lowest BCUT2D eigenvalue weighted by atomic mass is 10.1. The molecule has 2 rings (SSSR count). The van der Waals surface area contributed by atoms with Gasteiger partial charge in [-0.15, -0.1) is 0 Å². The predicted octanol–water partition coefficient (Wildman–Crippen LogP) is 2.34. The molecule has 1 saturated carbocycles. The van der Waals surface area contributed by atoms with Gasteiger partial charge in [0.15, 0.2) is 0 Å². The second kappa shape index (κ2) is 8.41. The fraction of sp³-hybridized carbons (Fsp3) is 0.529. The van der Waals surface area contributed by atoms with E-state index in [0.717, 1.165) is 25.7 Å². The molecule has 0 aromatic heterocycles. The van der Waals surface area contributed by atoms with Crippen molar-refractivity contribution in [3.05, 3.63) is 18.2 Å². The molecular weight excluding hydrogens is 296 g/mol. The maximum atomic E-state index is 12.0. The number of amides is 2. The molecule has 1 aromatic carbocycles. The Kier molecular flexibility index (Phi) is 6.26. The van der Waals surface area contributed by atoms with Crippen molar-refractivity contribution in [1.82, 2.24) is 5.32 Å². The zero-order chi connectivity index (χ0) is 16.7. The van der Waals surface area contributed by atoms with Crippen LogP contribution in [0.4, 0.5) is 5.69 Å². The van der Waals surface area contributed by atoms with Gasteiger partial charge in [0.25, 0.3) is 0 Å². The molecule has 2 N–H and O–H groups in total. The molecule has 0 aliphatic heterocycles. The number of nitrogens with one attached hydrogen (secondary N) is 2. The average Bonchev–Trinajstić information content (AvgIpc) is 3.09. The molecule has 0 radical (unpaired) electrons. The van der Waals surface area contributed by atoms with Gasteiger partial charge in [0, 0.05) is 24.9 Å². The summed E-state index contributed by atoms with van der Waals surface area (Å²) < 4.78 is 10.4. The molecule has 1 aliphatic carbocycles. The van der Waals surface area contributed by atoms with Gasteiger partial charge in [0.1, 0.15) is 11.5 Å². The fourth-order valence-corrected chi connectivity index (χ4v) is 2.75. The minimum Gasteiger partial charge on any atom is -0.497 e. The van der Waals surface area contributed by atoms with Gasteiger partial charge in [-0.2, -0.15) is 0 Å². The van der Waals surface area contributed by atoms with E-state index in [4.69, 9.17) is 9.47 Å². The van der Waals surface area contributed by atoms with Crippen molar-refractivity contribution in [3.63, 3.8) is 0 Å². The zero-order valence-electron chi connectivity index (χ0n) is 13.7. The third-order valence-corrected chi connectivity index (χ3v) is 4.06. The predicted molar refractivity (Wildman–Crippen MR) is 87.8 cm³/mol. The van der Waals surface area contributed by atoms with Crippen LogP contribution in [0.25, 0.3) is 0 Å². The van der Waals surface area contributed by atoms with Crippen LogP contribution in [-0.4, -0.2) is 32.6 Å². The largest absolute Gasteiger partial charge is 0.497 e. The van der Waals surface area contributed by atoms with E-state index >= 15 is 0 Å². The van der Waals surface area contributed by atoms with Gasteiger partial charge >= 0.3 is 0 Å². The Morgan fingerprint density at radius 2 is 1.91 bits per heavy atom. The lowest BCUT2D eigenvalue weighted by Gasteiger charge is -2.12. The van der Waals surface area contributed by atoms with Crippen LogP contribution in [0, 0.1) is 5.92 Å². The first-order valence-electron chi connectivity index (χ1n) is 7.93. The topological polar surface area (TPSA) is 76.7 Å². The summed E-state index contributed by atoms with van der Waals surface area (Å²) >= 11 is 0. The van der Waals surface area contributed by atoms with E-state index in [-0.39, 0.29) is 24.2 Å². The third-order valence-electron chi connectivity index (χ3n) is 4.06. The standard InChI is InChI=1S/C17H24N2O4/c1-22-13-7-8-14(15(11-13)23-2)19-16(20)9-10-18-17(21)12-5-3-4-6-12/h7-8,11-12H,3-6,9-10H2,1-2H3,(H,18,21)(H,19,20). The molecule has 0 atom stereocenters. The van der Waals surface area contributed by atoms with E-state index in [0.29, 0.717) is 23.7 Å². The minimum absolute atomic E-state index is 0.0670. The van der Waals surface area contributed by atoms with Gasteiger partial charge in [-0.1, -0.05) is 12.8 Å². The molecule has 0 saturated heterocycles. The molecule has 1 aliphatic rings. The number of benzene rings is 1. The van der Waals surface area contributed by atoms with Crippen molar-refractivity contribution in [2.24, 2.45) is 5.92 Å². The van der Waals surface area contributed by atoms with Crippen molar-refractivity contribution < 1.29 is 19.1 Å². The molecule has 1 aromatic rings. The van der Waals surface area contributed by atoms with Crippen molar-refractivity contribution in [1.29, 1.82) is 0 Å². The summed E-state index contributed by atoms with van der Waals surface area (Å²) in [5.41, 5.74) is 0.584. The van der Waals surface area contributed by atoms with Gasteiger partial charge in [-0.25, -0.2) is 0 Å². The highest BCUT2D eigenvalue weighted by molar-refractivity contribution is 5.92. The van der Waals surface area contributed by atoms with Crippen LogP contribution in [0.1, 0.15) is 32.1 Å². The second-order valence-corrected chi connectivity index (χ2v) is 5.64. The van der Waals surface area contributed by atoms with E-state index < -0.39 is 0 Å². The molecule has 0 unspecified atom stereocenters. The quantitative estimate of drug-likeness (QED) is 0.808. The lowest BCUT2D eigenvalue weighted by molar-refractivity contribution is -0.124. The zero-order valence-corrected chi connectivity index (χ0v) is 13.7. The third kappa shape index (κ3) is 4.87. The van der Waals surface area contributed by atoms with Crippen LogP contribution in [0.15, 0.2) is 18.2 Å². The summed E-state index contributed by atoms with van der Waals surface area (Å²) in [7, 11) is 3.10. The van der Waals surface area contributed by atoms with Crippen LogP contribution in [0.2, 0.25) is 0 Å². The lowest BCUT2D eigenvalue weighted by Crippen LogP contribution is -2.32. The minimum atomic E-state index is -0.166. The van der Waals surface area contributed by atoms with Crippen LogP contribution in [0.3, 0.4) is 0 Å². The van der Waals surface area contributed by atoms with Crippen LogP contribution in [-0.2, 0) is 9.59 Å². The van der Waals surface area contributed by atoms with Crippen LogP contribution in [0.5, 0.6) is 11.5 Å². The van der Waals surface area contributed by atoms with E-state index in [2.05, 4.69) is 10.6 Å². The summed E-state index contributed by atoms with van der Waals surface area (Å²) in [5.74, 6) is 1.22. The molecule has 0 spiro atoms. The molecule has 0 heterocycles. The highest BCUT2D eigenvalue weighted by Gasteiger charge is 2.22. The Morgan fingerprint density at radius 1 is 1.17 bits per heavy atom. The van der Waals surface area contributed by atoms with E-state index in [1.807, 2.05) is 0 Å². The SMILES string of the molecule is COc1ccc(NC(=O)CCNC(=O)C2CCCC2)c(OC)c1. The number of rotatable bonds is 7. The van der Waals surface area contributed by atoms with Gasteiger partial charge in [0.2, 0.25) is 11.8 Å². The Bertz CT molecular complexity index is 554. The highest BCUT2D eigenvalue weighted by Crippen LogP contribution is 2.29. The first-order valence-corrected chi connectivity index (χ1v) is 7.93. The summed E-state index contributed by atoms with van der Waals surface area (Å²) in [6, 6.07) is 5.18. The molecule has 6 nitrogen and oxygen atoms in total. The van der Waals surface area contributed by atoms with Crippen molar-refractivity contribution in [2.75, 3.05) is 26.1 Å². The number of carbonyl (C=O) groups excluding carboxylic acids is 2. The number of anilines is 1. The van der Waals surface area contributed by atoms with Gasteiger partial charge < -0.3 is 20.1 Å². The molecule has 2 amide bonds. The maximum absolute atomic E-state index is 12.0. The molecule has 126 valence electrons. The summed E-state index contributed by atoms with van der Waals surface area (Å²) in [5, 5.41) is 5.62. The van der Waals surface area contributed by atoms with Crippen LogP contribution < -0.4 is 20.1 Å². The fourth-order valence-electron chi connectivity index (χ4n) is 2.75. The number of carbonyl (C=O) groups is 2. The van der Waals surface area contributed by atoms with Gasteiger partial charge in [0.05, 0.1) is 19.9 Å². The average molecular weight is 320 g/mol. The smallest absolute Gasteiger partial charge is 0.226 e. The highest BCUT2D eigenvalue weighted by atomic mass is 16.5. The second-order valence-electron chi connectivity index (χ2n) is 5.64. The van der Waals surface area contributed by atoms with Crippen molar-refractivity contribution in [2.45, 2.75) is 32.1 Å². The molecule has 6 heteroatoms. The van der Waals surface area contributed by atoms with Crippen molar-refractivity contribution >= 4 is 17.5 Å². The maximum Gasteiger partial charge on any atom is 0.226 e. The van der Waals surface area contributed by atoms with Crippen LogP contribution >= 0.6 is 0 Å². The molecular formula is C17H24N2O4. The van der Waals surface area contributed by atoms with Crippen molar-refractivity contribution in [3.8, 4) is 11.5 Å². The Balaban J connectivity index is 1.79. The number of hydrogen-bond donors (Lipinski definition) is 2. The summed E-state index contributed by atoms with van der Waals surface area (Å²) in [4.78, 5) is 23.9. The first kappa shape index (κ1) is 17.1. The number of methoxy groups -OCH3 is 2. The normalized spacial score (nSPS) is 14.3. The summed E-state index contributed by atoms with van der Waals surface area (Å²) in [6.45, 7) is 0.347.